The Labute approximate surface area is 62.4 Å². The third kappa shape index (κ3) is 4.80. The first-order valence-corrected chi connectivity index (χ1v) is 4.10. The van der Waals surface area contributed by atoms with Gasteiger partial charge in [-0.2, -0.15) is 0 Å². The molecule has 0 amide bonds. The topological polar surface area (TPSA) is 17.1 Å². The number of hydrogen-bond acceptors (Lipinski definition) is 2. The van der Waals surface area contributed by atoms with E-state index in [9.17, 15) is 4.57 Å². The van der Waals surface area contributed by atoms with Crippen molar-refractivity contribution in [1.29, 1.82) is 0 Å². The minimum atomic E-state index is -0.0280. The van der Waals surface area contributed by atoms with Crippen molar-refractivity contribution in [2.75, 3.05) is 26.4 Å². The summed E-state index contributed by atoms with van der Waals surface area (Å²) in [5, 5.41) is 0. The molecule has 0 saturated carbocycles. The van der Waals surface area contributed by atoms with Crippen molar-refractivity contribution >= 4 is 20.5 Å². The van der Waals surface area contributed by atoms with Crippen molar-refractivity contribution in [2.24, 2.45) is 0 Å². The minimum absolute atomic E-state index is 0.0280. The summed E-state index contributed by atoms with van der Waals surface area (Å²) < 4.78 is 10.6. The molecule has 52 valence electrons. The first-order valence-electron chi connectivity index (χ1n) is 2.66. The van der Waals surface area contributed by atoms with Crippen molar-refractivity contribution in [3.05, 3.63) is 0 Å². The van der Waals surface area contributed by atoms with Crippen molar-refractivity contribution in [3.8, 4) is 5.75 Å². The zero-order chi connectivity index (χ0) is 7.33. The van der Waals surface area contributed by atoms with Gasteiger partial charge in [-0.15, -0.1) is 0 Å². The standard InChI is InChI=1S/C5H10NOPS/c1-6(2,3-4-9)5-8-7/h3-4H2,1-2H3/p+1. The van der Waals surface area contributed by atoms with Gasteiger partial charge in [0, 0.05) is 0 Å². The quantitative estimate of drug-likeness (QED) is 0.368. The molecule has 0 aliphatic rings. The van der Waals surface area contributed by atoms with Crippen LogP contribution in [0.15, 0.2) is 0 Å². The summed E-state index contributed by atoms with van der Waals surface area (Å²) in [6.45, 7) is 0.859. The molecule has 0 atom stereocenters. The van der Waals surface area contributed by atoms with Crippen LogP contribution >= 0.6 is 20.5 Å². The molecule has 0 aliphatic heterocycles. The van der Waals surface area contributed by atoms with E-state index in [1.54, 1.807) is 0 Å². The second-order valence-electron chi connectivity index (χ2n) is 2.32. The van der Waals surface area contributed by atoms with E-state index < -0.39 is 0 Å². The molecule has 4 heteroatoms. The van der Waals surface area contributed by atoms with Gasteiger partial charge < -0.3 is 0 Å². The van der Waals surface area contributed by atoms with E-state index in [0.29, 0.717) is 4.48 Å². The number of hydrogen-bond donors (Lipinski definition) is 1. The molecule has 0 aromatic rings. The Hall–Kier alpha value is 0.320. The van der Waals surface area contributed by atoms with E-state index in [1.165, 1.54) is 0 Å². The number of nitrogens with zero attached hydrogens (tertiary/aromatic N) is 1. The first-order chi connectivity index (χ1) is 4.12. The molecule has 0 unspecified atom stereocenters. The van der Waals surface area contributed by atoms with E-state index in [1.807, 2.05) is 14.1 Å². The van der Waals surface area contributed by atoms with E-state index >= 15 is 0 Å². The van der Waals surface area contributed by atoms with Gasteiger partial charge in [0.05, 0.1) is 0 Å². The summed E-state index contributed by atoms with van der Waals surface area (Å²) >= 11 is 4.05. The predicted octanol–water partition coefficient (Wildman–Crippen LogP) is 1.20. The molecule has 0 radical (unpaired) electrons. The molecule has 0 bridgehead atoms. The second-order valence-corrected chi connectivity index (χ2v) is 3.15. The number of quaternary nitrogens is 1. The Balaban J connectivity index is 3.96. The number of rotatable bonds is 2. The average Bonchev–Trinajstić information content (AvgIpc) is 1.64. The van der Waals surface area contributed by atoms with Crippen LogP contribution in [0.5, 0.6) is 0 Å². The molecule has 0 heterocycles. The molecular formula is C5H11NOPS+. The van der Waals surface area contributed by atoms with E-state index in [4.69, 9.17) is 0 Å². The van der Waals surface area contributed by atoms with Crippen LogP contribution in [0.4, 0.5) is 0 Å². The van der Waals surface area contributed by atoms with Gasteiger partial charge in [-0.3, -0.25) is 0 Å². The molecular weight excluding hydrogens is 153 g/mol. The maximum atomic E-state index is 10.0. The molecule has 0 fully saturated rings. The second kappa shape index (κ2) is 4.19. The van der Waals surface area contributed by atoms with Crippen molar-refractivity contribution < 1.29 is 9.05 Å². The van der Waals surface area contributed by atoms with Crippen molar-refractivity contribution in [3.63, 3.8) is 0 Å². The van der Waals surface area contributed by atoms with Crippen LogP contribution in [0.1, 0.15) is 0 Å². The number of thiol groups is 1. The third-order valence-electron chi connectivity index (χ3n) is 0.971. The van der Waals surface area contributed by atoms with Gasteiger partial charge in [0.25, 0.3) is 0 Å². The fraction of sp³-hybridized carbons (Fsp3) is 0.800. The summed E-state index contributed by atoms with van der Waals surface area (Å²) in [6, 6.07) is 0. The van der Waals surface area contributed by atoms with Crippen LogP contribution < -0.4 is 0 Å². The maximum absolute atomic E-state index is 10.0. The van der Waals surface area contributed by atoms with Crippen molar-refractivity contribution in [2.45, 2.75) is 0 Å². The summed E-state index contributed by atoms with van der Waals surface area (Å²) in [5.74, 6) is 3.52. The van der Waals surface area contributed by atoms with Gasteiger partial charge >= 0.3 is 61.7 Å². The average molecular weight is 164 g/mol. The molecule has 0 saturated heterocycles. The van der Waals surface area contributed by atoms with Gasteiger partial charge in [0.2, 0.25) is 0 Å². The Kier molecular flexibility index (Phi) is 4.33. The van der Waals surface area contributed by atoms with Crippen LogP contribution in [0, 0.1) is 5.75 Å². The first kappa shape index (κ1) is 9.32. The summed E-state index contributed by atoms with van der Waals surface area (Å²) in [7, 11) is 3.84. The molecule has 0 rings (SSSR count). The Bertz CT molecular complexity index is 172. The normalized spacial score (nSPS) is 10.6. The summed E-state index contributed by atoms with van der Waals surface area (Å²) in [4.78, 5) is 0. The van der Waals surface area contributed by atoms with Gasteiger partial charge in [-0.25, -0.2) is 0 Å². The Morgan fingerprint density at radius 3 is 2.56 bits per heavy atom. The Morgan fingerprint density at radius 1 is 1.67 bits per heavy atom. The van der Waals surface area contributed by atoms with Crippen LogP contribution in [0.2, 0.25) is 0 Å². The van der Waals surface area contributed by atoms with Crippen LogP contribution in [-0.2, 0) is 4.57 Å². The molecule has 0 aliphatic carbocycles. The SMILES string of the molecule is C[N+](C)(C#P=O)CCS. The molecule has 2 nitrogen and oxygen atoms in total. The van der Waals surface area contributed by atoms with E-state index in [-0.39, 0.29) is 7.92 Å². The van der Waals surface area contributed by atoms with E-state index in [2.05, 4.69) is 18.4 Å². The van der Waals surface area contributed by atoms with E-state index in [0.717, 1.165) is 12.3 Å². The molecule has 0 N–H and O–H groups in total. The predicted molar refractivity (Wildman–Crippen MR) is 42.3 cm³/mol. The van der Waals surface area contributed by atoms with Crippen LogP contribution in [0.3, 0.4) is 0 Å². The zero-order valence-corrected chi connectivity index (χ0v) is 7.45. The van der Waals surface area contributed by atoms with Gasteiger partial charge in [-0.05, 0) is 0 Å². The zero-order valence-electron chi connectivity index (χ0n) is 5.66. The molecule has 0 spiro atoms. The monoisotopic (exact) mass is 164 g/mol. The molecule has 0 aromatic carbocycles. The van der Waals surface area contributed by atoms with Gasteiger partial charge in [0.1, 0.15) is 0 Å². The fourth-order valence-electron chi connectivity index (χ4n) is 0.411. The third-order valence-corrected chi connectivity index (χ3v) is 1.79. The molecule has 0 aromatic heterocycles. The van der Waals surface area contributed by atoms with Crippen molar-refractivity contribution in [1.82, 2.24) is 0 Å². The molecule has 9 heavy (non-hydrogen) atoms. The van der Waals surface area contributed by atoms with Gasteiger partial charge in [-0.1, -0.05) is 0 Å². The fourth-order valence-corrected chi connectivity index (χ4v) is 1.23. The van der Waals surface area contributed by atoms with Crippen LogP contribution in [0.25, 0.3) is 0 Å². The summed E-state index contributed by atoms with van der Waals surface area (Å²) in [6.07, 6.45) is 0. The Morgan fingerprint density at radius 2 is 2.22 bits per heavy atom. The van der Waals surface area contributed by atoms with Gasteiger partial charge in [0.15, 0.2) is 0 Å². The van der Waals surface area contributed by atoms with Crippen LogP contribution in [-0.4, -0.2) is 30.9 Å². The summed E-state index contributed by atoms with van der Waals surface area (Å²) in [5.41, 5.74) is 0.